The molecule has 1 aliphatic carbocycles. The summed E-state index contributed by atoms with van der Waals surface area (Å²) in [5.41, 5.74) is -0.673. The highest BCUT2D eigenvalue weighted by atomic mass is 35.5. The van der Waals surface area contributed by atoms with Crippen molar-refractivity contribution >= 4 is 29.2 Å². The number of aromatic nitrogens is 3. The summed E-state index contributed by atoms with van der Waals surface area (Å²) >= 11 is 11.3. The Morgan fingerprint density at radius 3 is 2.31 bits per heavy atom. The standard InChI is InChI=1S/C9H9Cl2N5/c1-9(4-12,5-2-3-5)16-8-14-6(10)13-7(11)15-8/h5H,2-3H2,1H3,(H,13,14,15,16). The van der Waals surface area contributed by atoms with Gasteiger partial charge in [0.2, 0.25) is 16.5 Å². The van der Waals surface area contributed by atoms with Gasteiger partial charge in [-0.3, -0.25) is 0 Å². The van der Waals surface area contributed by atoms with E-state index in [1.807, 2.05) is 6.92 Å². The van der Waals surface area contributed by atoms with E-state index < -0.39 is 5.54 Å². The summed E-state index contributed by atoms with van der Waals surface area (Å²) in [5.74, 6) is 0.563. The van der Waals surface area contributed by atoms with Crippen molar-refractivity contribution < 1.29 is 0 Å². The Bertz CT molecular complexity index is 433. The van der Waals surface area contributed by atoms with E-state index >= 15 is 0 Å². The predicted molar refractivity (Wildman–Crippen MR) is 60.2 cm³/mol. The van der Waals surface area contributed by atoms with Crippen LogP contribution in [0.5, 0.6) is 0 Å². The Balaban J connectivity index is 2.22. The quantitative estimate of drug-likeness (QED) is 0.900. The number of hydrogen-bond acceptors (Lipinski definition) is 5. The van der Waals surface area contributed by atoms with Crippen LogP contribution in [0, 0.1) is 17.2 Å². The van der Waals surface area contributed by atoms with Crippen LogP contribution >= 0.6 is 23.2 Å². The lowest BCUT2D eigenvalue weighted by Gasteiger charge is -2.22. The highest BCUT2D eigenvalue weighted by molar-refractivity contribution is 6.31. The first-order chi connectivity index (χ1) is 7.53. The van der Waals surface area contributed by atoms with Crippen LogP contribution in [0.2, 0.25) is 10.6 Å². The summed E-state index contributed by atoms with van der Waals surface area (Å²) in [4.78, 5) is 11.4. The SMILES string of the molecule is CC(C#N)(Nc1nc(Cl)nc(Cl)n1)C1CC1. The molecule has 0 radical (unpaired) electrons. The van der Waals surface area contributed by atoms with Crippen molar-refractivity contribution in [3.05, 3.63) is 10.6 Å². The van der Waals surface area contributed by atoms with Crippen LogP contribution < -0.4 is 5.32 Å². The number of anilines is 1. The maximum atomic E-state index is 9.15. The van der Waals surface area contributed by atoms with Crippen LogP contribution in [-0.2, 0) is 0 Å². The third kappa shape index (κ3) is 2.34. The summed E-state index contributed by atoms with van der Waals surface area (Å²) in [6.45, 7) is 1.82. The zero-order valence-corrected chi connectivity index (χ0v) is 10.0. The summed E-state index contributed by atoms with van der Waals surface area (Å²) in [5, 5.41) is 12.1. The van der Waals surface area contributed by atoms with Crippen LogP contribution in [0.1, 0.15) is 19.8 Å². The molecule has 1 atom stereocenters. The molecule has 2 rings (SSSR count). The topological polar surface area (TPSA) is 74.5 Å². The van der Waals surface area contributed by atoms with Crippen LogP contribution in [0.25, 0.3) is 0 Å². The van der Waals surface area contributed by atoms with Crippen molar-refractivity contribution in [2.75, 3.05) is 5.32 Å². The second kappa shape index (κ2) is 4.04. The van der Waals surface area contributed by atoms with Gasteiger partial charge in [0.1, 0.15) is 5.54 Å². The second-order valence-corrected chi connectivity index (χ2v) is 4.59. The van der Waals surface area contributed by atoms with Crippen molar-refractivity contribution in [1.82, 2.24) is 15.0 Å². The van der Waals surface area contributed by atoms with Gasteiger partial charge < -0.3 is 5.32 Å². The van der Waals surface area contributed by atoms with Gasteiger partial charge in [-0.15, -0.1) is 0 Å². The van der Waals surface area contributed by atoms with Crippen LogP contribution in [0.4, 0.5) is 5.95 Å². The van der Waals surface area contributed by atoms with Gasteiger partial charge in [0.25, 0.3) is 0 Å². The molecule has 1 saturated carbocycles. The lowest BCUT2D eigenvalue weighted by molar-refractivity contribution is 0.561. The van der Waals surface area contributed by atoms with Crippen molar-refractivity contribution in [1.29, 1.82) is 5.26 Å². The molecule has 0 bridgehead atoms. The third-order valence-electron chi connectivity index (χ3n) is 2.58. The van der Waals surface area contributed by atoms with E-state index in [9.17, 15) is 0 Å². The molecule has 1 fully saturated rings. The van der Waals surface area contributed by atoms with Gasteiger partial charge in [0.15, 0.2) is 0 Å². The van der Waals surface area contributed by atoms with Gasteiger partial charge in [0, 0.05) is 0 Å². The summed E-state index contributed by atoms with van der Waals surface area (Å²) in [6.07, 6.45) is 2.06. The van der Waals surface area contributed by atoms with Gasteiger partial charge >= 0.3 is 0 Å². The van der Waals surface area contributed by atoms with Crippen LogP contribution in [-0.4, -0.2) is 20.5 Å². The predicted octanol–water partition coefficient (Wildman–Crippen LogP) is 2.28. The molecule has 1 aromatic rings. The van der Waals surface area contributed by atoms with E-state index in [4.69, 9.17) is 28.5 Å². The van der Waals surface area contributed by atoms with Gasteiger partial charge in [-0.05, 0) is 48.9 Å². The number of nitrogens with one attached hydrogen (secondary N) is 1. The normalized spacial score (nSPS) is 18.6. The molecule has 1 heterocycles. The Labute approximate surface area is 103 Å². The molecule has 5 nitrogen and oxygen atoms in total. The minimum Gasteiger partial charge on any atom is -0.336 e. The van der Waals surface area contributed by atoms with E-state index in [1.54, 1.807) is 0 Å². The Hall–Kier alpha value is -1.12. The van der Waals surface area contributed by atoms with Gasteiger partial charge in [-0.1, -0.05) is 0 Å². The second-order valence-electron chi connectivity index (χ2n) is 3.91. The Morgan fingerprint density at radius 1 is 1.31 bits per heavy atom. The molecule has 84 valence electrons. The largest absolute Gasteiger partial charge is 0.336 e. The molecule has 0 aromatic carbocycles. The third-order valence-corrected chi connectivity index (χ3v) is 2.92. The summed E-state index contributed by atoms with van der Waals surface area (Å²) in [7, 11) is 0. The van der Waals surface area contributed by atoms with Gasteiger partial charge in [0.05, 0.1) is 6.07 Å². The average molecular weight is 258 g/mol. The molecule has 0 spiro atoms. The van der Waals surface area contributed by atoms with E-state index in [0.29, 0.717) is 5.92 Å². The first-order valence-corrected chi connectivity index (χ1v) is 5.55. The fourth-order valence-electron chi connectivity index (χ4n) is 1.50. The highest BCUT2D eigenvalue weighted by Gasteiger charge is 2.42. The van der Waals surface area contributed by atoms with Crippen LogP contribution in [0.3, 0.4) is 0 Å². The Morgan fingerprint density at radius 2 is 1.88 bits per heavy atom. The zero-order chi connectivity index (χ0) is 11.8. The lowest BCUT2D eigenvalue weighted by Crippen LogP contribution is -2.36. The number of hydrogen-bond donors (Lipinski definition) is 1. The lowest BCUT2D eigenvalue weighted by atomic mass is 9.98. The minimum absolute atomic E-state index is 0.0126. The van der Waals surface area contributed by atoms with E-state index in [2.05, 4.69) is 26.3 Å². The van der Waals surface area contributed by atoms with Gasteiger partial charge in [-0.25, -0.2) is 0 Å². The van der Waals surface area contributed by atoms with Crippen molar-refractivity contribution in [3.8, 4) is 6.07 Å². The first-order valence-electron chi connectivity index (χ1n) is 4.80. The molecule has 1 unspecified atom stereocenters. The van der Waals surface area contributed by atoms with E-state index in [1.165, 1.54) is 0 Å². The maximum absolute atomic E-state index is 9.15. The monoisotopic (exact) mass is 257 g/mol. The molecule has 7 heteroatoms. The van der Waals surface area contributed by atoms with E-state index in [0.717, 1.165) is 12.8 Å². The molecule has 16 heavy (non-hydrogen) atoms. The average Bonchev–Trinajstić information content (AvgIpc) is 2.98. The number of halogens is 2. The first kappa shape index (κ1) is 11.4. The smallest absolute Gasteiger partial charge is 0.229 e. The van der Waals surface area contributed by atoms with Crippen molar-refractivity contribution in [3.63, 3.8) is 0 Å². The fourth-order valence-corrected chi connectivity index (χ4v) is 1.86. The molecular weight excluding hydrogens is 249 g/mol. The van der Waals surface area contributed by atoms with E-state index in [-0.39, 0.29) is 16.5 Å². The minimum atomic E-state index is -0.673. The highest BCUT2D eigenvalue weighted by Crippen LogP contribution is 2.40. The zero-order valence-electron chi connectivity index (χ0n) is 8.54. The van der Waals surface area contributed by atoms with Crippen molar-refractivity contribution in [2.45, 2.75) is 25.3 Å². The molecule has 0 aliphatic heterocycles. The molecule has 0 saturated heterocycles. The number of nitriles is 1. The van der Waals surface area contributed by atoms with Gasteiger partial charge in [-0.2, -0.15) is 20.2 Å². The molecular formula is C9H9Cl2N5. The fraction of sp³-hybridized carbons (Fsp3) is 0.556. The summed E-state index contributed by atoms with van der Waals surface area (Å²) < 4.78 is 0. The molecule has 0 amide bonds. The van der Waals surface area contributed by atoms with Crippen molar-refractivity contribution in [2.24, 2.45) is 5.92 Å². The molecule has 1 aliphatic rings. The molecule has 1 N–H and O–H groups in total. The van der Waals surface area contributed by atoms with Crippen LogP contribution in [0.15, 0.2) is 0 Å². The summed E-state index contributed by atoms with van der Waals surface area (Å²) in [6, 6.07) is 2.23. The molecule has 1 aromatic heterocycles. The Kier molecular flexibility index (Phi) is 2.87. The maximum Gasteiger partial charge on any atom is 0.229 e. The number of nitrogens with zero attached hydrogens (tertiary/aromatic N) is 4. The number of rotatable bonds is 3.